The third kappa shape index (κ3) is 5.32. The third-order valence-corrected chi connectivity index (χ3v) is 2.13. The summed E-state index contributed by atoms with van der Waals surface area (Å²) in [6.45, 7) is 7.14. The fourth-order valence-electron chi connectivity index (χ4n) is 0.932. The summed E-state index contributed by atoms with van der Waals surface area (Å²) in [6, 6.07) is -1.32. The molecule has 0 saturated carbocycles. The van der Waals surface area contributed by atoms with Gasteiger partial charge in [0.25, 0.3) is 0 Å². The summed E-state index contributed by atoms with van der Waals surface area (Å²) in [7, 11) is 1.27. The van der Waals surface area contributed by atoms with E-state index in [1.807, 2.05) is 20.8 Å². The van der Waals surface area contributed by atoms with Gasteiger partial charge in [0.1, 0.15) is 6.04 Å². The first kappa shape index (κ1) is 17.6. The second-order valence-electron chi connectivity index (χ2n) is 4.60. The van der Waals surface area contributed by atoms with Crippen LogP contribution in [0, 0.1) is 5.41 Å². The molecule has 16 heavy (non-hydrogen) atoms. The average molecular weight is 253 g/mol. The Bertz CT molecular complexity index is 251. The molecule has 0 bridgehead atoms. The highest BCUT2D eigenvalue weighted by atomic mass is 35.5. The van der Waals surface area contributed by atoms with Gasteiger partial charge in [-0.25, -0.2) is 4.79 Å². The molecule has 0 rings (SSSR count). The first-order valence-electron chi connectivity index (χ1n) is 4.84. The molecule has 0 spiro atoms. The lowest BCUT2D eigenvalue weighted by Crippen LogP contribution is -2.52. The number of ether oxygens (including phenoxy) is 1. The molecule has 6 heteroatoms. The molecule has 96 valence electrons. The molecule has 0 heterocycles. The smallest absolute Gasteiger partial charge is 0.328 e. The summed E-state index contributed by atoms with van der Waals surface area (Å²) in [6.07, 6.45) is 0. The minimum atomic E-state index is -0.670. The van der Waals surface area contributed by atoms with Gasteiger partial charge in [0, 0.05) is 0 Å². The number of methoxy groups -OCH3 is 1. The summed E-state index contributed by atoms with van der Waals surface area (Å²) < 4.78 is 4.48. The molecule has 0 aliphatic rings. The monoisotopic (exact) mass is 252 g/mol. The van der Waals surface area contributed by atoms with Gasteiger partial charge in [-0.15, -0.1) is 12.4 Å². The summed E-state index contributed by atoms with van der Waals surface area (Å²) in [5, 5.41) is 2.50. The van der Waals surface area contributed by atoms with Crippen molar-refractivity contribution in [3.8, 4) is 0 Å². The fraction of sp³-hybridized carbons (Fsp3) is 0.800. The quantitative estimate of drug-likeness (QED) is 0.715. The first-order valence-corrected chi connectivity index (χ1v) is 4.84. The van der Waals surface area contributed by atoms with Crippen LogP contribution in [0.25, 0.3) is 0 Å². The van der Waals surface area contributed by atoms with Crippen molar-refractivity contribution < 1.29 is 14.3 Å². The highest BCUT2D eigenvalue weighted by molar-refractivity contribution is 5.87. The normalized spacial score (nSPS) is 14.4. The molecular weight excluding hydrogens is 232 g/mol. The Morgan fingerprint density at radius 3 is 2.06 bits per heavy atom. The van der Waals surface area contributed by atoms with Crippen LogP contribution in [-0.4, -0.2) is 31.1 Å². The van der Waals surface area contributed by atoms with Crippen LogP contribution in [0.4, 0.5) is 0 Å². The zero-order valence-corrected chi connectivity index (χ0v) is 11.2. The summed E-state index contributed by atoms with van der Waals surface area (Å²) in [4.78, 5) is 22.6. The van der Waals surface area contributed by atoms with E-state index in [1.165, 1.54) is 7.11 Å². The van der Waals surface area contributed by atoms with Gasteiger partial charge >= 0.3 is 5.97 Å². The number of carbonyl (C=O) groups is 2. The van der Waals surface area contributed by atoms with E-state index in [-0.39, 0.29) is 23.7 Å². The largest absolute Gasteiger partial charge is 0.467 e. The van der Waals surface area contributed by atoms with Crippen LogP contribution in [0.2, 0.25) is 0 Å². The van der Waals surface area contributed by atoms with Gasteiger partial charge in [0.2, 0.25) is 5.91 Å². The molecule has 0 aromatic heterocycles. The molecule has 2 atom stereocenters. The fourth-order valence-corrected chi connectivity index (χ4v) is 0.932. The number of hydrogen-bond acceptors (Lipinski definition) is 4. The van der Waals surface area contributed by atoms with E-state index in [1.54, 1.807) is 6.92 Å². The van der Waals surface area contributed by atoms with Gasteiger partial charge in [-0.05, 0) is 12.3 Å². The van der Waals surface area contributed by atoms with Gasteiger partial charge in [0.05, 0.1) is 13.2 Å². The molecule has 0 saturated heterocycles. The van der Waals surface area contributed by atoms with Gasteiger partial charge in [0.15, 0.2) is 0 Å². The Morgan fingerprint density at radius 2 is 1.75 bits per heavy atom. The molecule has 0 aliphatic carbocycles. The molecule has 0 unspecified atom stereocenters. The van der Waals surface area contributed by atoms with Crippen molar-refractivity contribution in [2.75, 3.05) is 7.11 Å². The number of nitrogens with one attached hydrogen (secondary N) is 1. The van der Waals surface area contributed by atoms with Crippen molar-refractivity contribution in [2.45, 2.75) is 39.8 Å². The second-order valence-corrected chi connectivity index (χ2v) is 4.60. The van der Waals surface area contributed by atoms with Crippen LogP contribution in [0.3, 0.4) is 0 Å². The predicted octanol–water partition coefficient (Wildman–Crippen LogP) is 0.459. The predicted molar refractivity (Wildman–Crippen MR) is 64.3 cm³/mol. The maximum absolute atomic E-state index is 11.6. The minimum Gasteiger partial charge on any atom is -0.467 e. The highest BCUT2D eigenvalue weighted by Crippen LogP contribution is 2.17. The van der Waals surface area contributed by atoms with Crippen LogP contribution in [-0.2, 0) is 14.3 Å². The lowest BCUT2D eigenvalue weighted by Gasteiger charge is -2.26. The topological polar surface area (TPSA) is 81.4 Å². The van der Waals surface area contributed by atoms with E-state index in [4.69, 9.17) is 5.73 Å². The van der Waals surface area contributed by atoms with E-state index < -0.39 is 18.1 Å². The summed E-state index contributed by atoms with van der Waals surface area (Å²) >= 11 is 0. The molecule has 0 aromatic rings. The third-order valence-electron chi connectivity index (χ3n) is 2.13. The molecule has 3 N–H and O–H groups in total. The standard InChI is InChI=1S/C10H20N2O3.ClH/c1-6(9(14)15-5)12-8(13)7(11)10(2,3)4;/h6-7H,11H2,1-5H3,(H,12,13);1H/t6-,7-;/m1./s1. The van der Waals surface area contributed by atoms with Crippen LogP contribution in [0.15, 0.2) is 0 Å². The summed E-state index contributed by atoms with van der Waals surface area (Å²) in [5.41, 5.74) is 5.39. The zero-order chi connectivity index (χ0) is 12.2. The Kier molecular flexibility index (Phi) is 7.37. The summed E-state index contributed by atoms with van der Waals surface area (Å²) in [5.74, 6) is -0.829. The van der Waals surface area contributed by atoms with Crippen LogP contribution >= 0.6 is 12.4 Å². The number of hydrogen-bond donors (Lipinski definition) is 2. The Balaban J connectivity index is 0. The second kappa shape index (κ2) is 6.70. The van der Waals surface area contributed by atoms with Crippen molar-refractivity contribution in [3.05, 3.63) is 0 Å². The molecule has 5 nitrogen and oxygen atoms in total. The van der Waals surface area contributed by atoms with Crippen molar-refractivity contribution in [2.24, 2.45) is 11.1 Å². The van der Waals surface area contributed by atoms with E-state index in [9.17, 15) is 9.59 Å². The molecule has 0 aromatic carbocycles. The maximum Gasteiger partial charge on any atom is 0.328 e. The van der Waals surface area contributed by atoms with Gasteiger partial charge in [-0.2, -0.15) is 0 Å². The molecule has 0 aliphatic heterocycles. The maximum atomic E-state index is 11.6. The van der Waals surface area contributed by atoms with Crippen molar-refractivity contribution in [1.29, 1.82) is 0 Å². The average Bonchev–Trinajstić information content (AvgIpc) is 2.13. The van der Waals surface area contributed by atoms with Gasteiger partial charge < -0.3 is 15.8 Å². The Labute approximate surface area is 103 Å². The van der Waals surface area contributed by atoms with E-state index in [0.717, 1.165) is 0 Å². The molecule has 0 fully saturated rings. The van der Waals surface area contributed by atoms with Gasteiger partial charge in [-0.1, -0.05) is 20.8 Å². The number of halogens is 1. The lowest BCUT2D eigenvalue weighted by molar-refractivity contribution is -0.145. The van der Waals surface area contributed by atoms with Crippen molar-refractivity contribution in [3.63, 3.8) is 0 Å². The highest BCUT2D eigenvalue weighted by Gasteiger charge is 2.29. The zero-order valence-electron chi connectivity index (χ0n) is 10.4. The SMILES string of the molecule is COC(=O)[C@@H](C)NC(=O)[C@@H](N)C(C)(C)C.Cl. The van der Waals surface area contributed by atoms with E-state index >= 15 is 0 Å². The van der Waals surface area contributed by atoms with Crippen LogP contribution in [0.5, 0.6) is 0 Å². The molecular formula is C10H21ClN2O3. The van der Waals surface area contributed by atoms with Crippen LogP contribution in [0.1, 0.15) is 27.7 Å². The van der Waals surface area contributed by atoms with Gasteiger partial charge in [-0.3, -0.25) is 4.79 Å². The number of esters is 1. The molecule has 1 amide bonds. The van der Waals surface area contributed by atoms with E-state index in [0.29, 0.717) is 0 Å². The number of carbonyl (C=O) groups excluding carboxylic acids is 2. The lowest BCUT2D eigenvalue weighted by atomic mass is 9.87. The first-order chi connectivity index (χ1) is 6.70. The Morgan fingerprint density at radius 1 is 1.31 bits per heavy atom. The number of nitrogens with two attached hydrogens (primary N) is 1. The van der Waals surface area contributed by atoms with Crippen LogP contribution < -0.4 is 11.1 Å². The van der Waals surface area contributed by atoms with Crippen molar-refractivity contribution in [1.82, 2.24) is 5.32 Å². The van der Waals surface area contributed by atoms with E-state index in [2.05, 4.69) is 10.1 Å². The number of amides is 1. The van der Waals surface area contributed by atoms with Crippen molar-refractivity contribution >= 4 is 24.3 Å². The Hall–Kier alpha value is -0.810. The minimum absolute atomic E-state index is 0. The number of rotatable bonds is 3. The molecule has 0 radical (unpaired) electrons.